The average Bonchev–Trinajstić information content (AvgIpc) is 2.46. The number of benzene rings is 1. The van der Waals surface area contributed by atoms with Crippen molar-refractivity contribution in [1.82, 2.24) is 0 Å². The third-order valence-electron chi connectivity index (χ3n) is 3.09. The summed E-state index contributed by atoms with van der Waals surface area (Å²) in [6.07, 6.45) is 1.19. The summed E-state index contributed by atoms with van der Waals surface area (Å²) in [6.45, 7) is 0.345. The van der Waals surface area contributed by atoms with Crippen LogP contribution in [0.5, 0.6) is 0 Å². The Kier molecular flexibility index (Phi) is 4.50. The first-order valence-corrected chi connectivity index (χ1v) is 7.70. The Bertz CT molecular complexity index is 728. The predicted molar refractivity (Wildman–Crippen MR) is 74.1 cm³/mol. The van der Waals surface area contributed by atoms with Crippen molar-refractivity contribution in [2.45, 2.75) is 11.9 Å². The maximum Gasteiger partial charge on any atom is 0.534 e. The van der Waals surface area contributed by atoms with Crippen molar-refractivity contribution in [2.75, 3.05) is 18.0 Å². The van der Waals surface area contributed by atoms with E-state index < -0.39 is 20.5 Å². The van der Waals surface area contributed by atoms with Crippen LogP contribution in [0, 0.1) is 10.1 Å². The molecule has 0 spiro atoms. The molecule has 0 fully saturated rings. The lowest BCUT2D eigenvalue weighted by atomic mass is 10.2. The molecule has 7 nitrogen and oxygen atoms in total. The van der Waals surface area contributed by atoms with Crippen LogP contribution in [0.25, 0.3) is 0 Å². The summed E-state index contributed by atoms with van der Waals surface area (Å²) in [6, 6.07) is 5.62. The summed E-state index contributed by atoms with van der Waals surface area (Å²) >= 11 is 0. The molecule has 0 N–H and O–H groups in total. The molecular formula is C12H11F3N2O5S. The number of hydrogen-bond donors (Lipinski definition) is 0. The zero-order chi connectivity index (χ0) is 17.3. The zero-order valence-corrected chi connectivity index (χ0v) is 12.3. The van der Waals surface area contributed by atoms with Gasteiger partial charge in [0.1, 0.15) is 5.76 Å². The van der Waals surface area contributed by atoms with Crippen LogP contribution >= 0.6 is 0 Å². The highest BCUT2D eigenvalue weighted by atomic mass is 32.2. The fourth-order valence-corrected chi connectivity index (χ4v) is 2.46. The summed E-state index contributed by atoms with van der Waals surface area (Å²) in [5.74, 6) is -0.277. The SMILES string of the molecule is O=[N+]([O-])c1ccc(N2CC=C(OS(=O)(=O)C(F)(F)F)CC2)cc1. The molecule has 126 valence electrons. The van der Waals surface area contributed by atoms with E-state index in [9.17, 15) is 31.7 Å². The molecule has 0 amide bonds. The van der Waals surface area contributed by atoms with Crippen molar-refractivity contribution in [2.24, 2.45) is 0 Å². The maximum absolute atomic E-state index is 12.2. The van der Waals surface area contributed by atoms with Crippen LogP contribution in [0.4, 0.5) is 24.5 Å². The number of alkyl halides is 3. The summed E-state index contributed by atoms with van der Waals surface area (Å²) in [5.41, 5.74) is -4.92. The zero-order valence-electron chi connectivity index (χ0n) is 11.5. The molecule has 1 aromatic rings. The quantitative estimate of drug-likeness (QED) is 0.358. The second-order valence-corrected chi connectivity index (χ2v) is 6.16. The molecule has 2 rings (SSSR count). The van der Waals surface area contributed by atoms with Gasteiger partial charge >= 0.3 is 15.6 Å². The van der Waals surface area contributed by atoms with Gasteiger partial charge in [-0.15, -0.1) is 0 Å². The highest BCUT2D eigenvalue weighted by Crippen LogP contribution is 2.29. The molecule has 0 aromatic heterocycles. The topological polar surface area (TPSA) is 89.8 Å². The summed E-state index contributed by atoms with van der Waals surface area (Å²) in [5, 5.41) is 10.6. The van der Waals surface area contributed by atoms with Gasteiger partial charge in [-0.05, 0) is 18.2 Å². The monoisotopic (exact) mass is 352 g/mol. The normalized spacial score (nSPS) is 16.0. The minimum absolute atomic E-state index is 0.0354. The molecule has 0 atom stereocenters. The van der Waals surface area contributed by atoms with Gasteiger partial charge in [0.2, 0.25) is 0 Å². The number of nitro groups is 1. The molecule has 0 saturated heterocycles. The number of anilines is 1. The van der Waals surface area contributed by atoms with Crippen LogP contribution in [0.15, 0.2) is 36.1 Å². The lowest BCUT2D eigenvalue weighted by molar-refractivity contribution is -0.384. The van der Waals surface area contributed by atoms with Crippen molar-refractivity contribution < 1.29 is 30.7 Å². The van der Waals surface area contributed by atoms with E-state index in [1.807, 2.05) is 0 Å². The standard InChI is InChI=1S/C12H11F3N2O5S/c13-12(14,15)23(20,21)22-11-5-7-16(8-6-11)9-1-3-10(4-2-9)17(18)19/h1-5H,6-8H2. The van der Waals surface area contributed by atoms with Gasteiger partial charge in [0.25, 0.3) is 5.69 Å². The Morgan fingerprint density at radius 1 is 1.22 bits per heavy atom. The Labute approximate surface area is 129 Å². The van der Waals surface area contributed by atoms with Gasteiger partial charge in [-0.25, -0.2) is 0 Å². The van der Waals surface area contributed by atoms with E-state index in [2.05, 4.69) is 4.18 Å². The Morgan fingerprint density at radius 2 is 1.83 bits per heavy atom. The van der Waals surface area contributed by atoms with E-state index in [4.69, 9.17) is 0 Å². The van der Waals surface area contributed by atoms with Gasteiger partial charge in [0, 0.05) is 37.3 Å². The minimum atomic E-state index is -5.66. The smallest absolute Gasteiger partial charge is 0.381 e. The lowest BCUT2D eigenvalue weighted by Gasteiger charge is -2.28. The summed E-state index contributed by atoms with van der Waals surface area (Å²) < 4.78 is 62.6. The van der Waals surface area contributed by atoms with Crippen molar-refractivity contribution in [3.8, 4) is 0 Å². The minimum Gasteiger partial charge on any atom is -0.381 e. The van der Waals surface area contributed by atoms with Crippen LogP contribution in [0.1, 0.15) is 6.42 Å². The van der Waals surface area contributed by atoms with Crippen molar-refractivity contribution >= 4 is 21.5 Å². The Hall–Kier alpha value is -2.30. The molecule has 0 unspecified atom stereocenters. The maximum atomic E-state index is 12.2. The van der Waals surface area contributed by atoms with Gasteiger partial charge in [0.05, 0.1) is 4.92 Å². The van der Waals surface area contributed by atoms with Crippen LogP contribution < -0.4 is 4.90 Å². The summed E-state index contributed by atoms with van der Waals surface area (Å²) in [4.78, 5) is 11.7. The number of nitro benzene ring substituents is 1. The average molecular weight is 352 g/mol. The second kappa shape index (κ2) is 6.07. The molecule has 11 heteroatoms. The largest absolute Gasteiger partial charge is 0.534 e. The first-order valence-electron chi connectivity index (χ1n) is 6.29. The molecular weight excluding hydrogens is 341 g/mol. The van der Waals surface area contributed by atoms with Gasteiger partial charge in [-0.3, -0.25) is 10.1 Å². The van der Waals surface area contributed by atoms with Crippen LogP contribution in [-0.4, -0.2) is 31.9 Å². The van der Waals surface area contributed by atoms with Crippen molar-refractivity contribution in [3.63, 3.8) is 0 Å². The molecule has 1 heterocycles. The molecule has 23 heavy (non-hydrogen) atoms. The second-order valence-electron chi connectivity index (χ2n) is 4.62. The van der Waals surface area contributed by atoms with E-state index in [1.54, 1.807) is 4.90 Å². The fraction of sp³-hybridized carbons (Fsp3) is 0.333. The lowest BCUT2D eigenvalue weighted by Crippen LogP contribution is -2.31. The Morgan fingerprint density at radius 3 is 2.26 bits per heavy atom. The highest BCUT2D eigenvalue weighted by molar-refractivity contribution is 7.87. The van der Waals surface area contributed by atoms with Crippen LogP contribution in [0.3, 0.4) is 0 Å². The number of nitrogens with zero attached hydrogens (tertiary/aromatic N) is 2. The van der Waals surface area contributed by atoms with Crippen LogP contribution in [-0.2, 0) is 14.3 Å². The molecule has 1 aromatic carbocycles. The third kappa shape index (κ3) is 3.92. The van der Waals surface area contributed by atoms with Gasteiger partial charge in [0.15, 0.2) is 0 Å². The number of hydrogen-bond acceptors (Lipinski definition) is 6. The van der Waals surface area contributed by atoms with E-state index in [1.165, 1.54) is 30.3 Å². The van der Waals surface area contributed by atoms with Crippen molar-refractivity contribution in [3.05, 3.63) is 46.2 Å². The van der Waals surface area contributed by atoms with E-state index in [0.29, 0.717) is 5.69 Å². The summed E-state index contributed by atoms with van der Waals surface area (Å²) in [7, 11) is -5.66. The highest BCUT2D eigenvalue weighted by Gasteiger charge is 2.48. The van der Waals surface area contributed by atoms with E-state index in [0.717, 1.165) is 0 Å². The number of rotatable bonds is 4. The van der Waals surface area contributed by atoms with E-state index in [-0.39, 0.29) is 31.0 Å². The molecule has 0 saturated carbocycles. The van der Waals surface area contributed by atoms with E-state index >= 15 is 0 Å². The van der Waals surface area contributed by atoms with Crippen molar-refractivity contribution in [1.29, 1.82) is 0 Å². The molecule has 0 bridgehead atoms. The van der Waals surface area contributed by atoms with Crippen LogP contribution in [0.2, 0.25) is 0 Å². The first-order chi connectivity index (χ1) is 10.6. The van der Waals surface area contributed by atoms with Gasteiger partial charge in [-0.2, -0.15) is 21.6 Å². The molecule has 1 aliphatic rings. The molecule has 0 radical (unpaired) electrons. The third-order valence-corrected chi connectivity index (χ3v) is 4.09. The number of halogens is 3. The molecule has 0 aliphatic carbocycles. The Balaban J connectivity index is 2.05. The first kappa shape index (κ1) is 17.1. The number of non-ortho nitro benzene ring substituents is 1. The molecule has 1 aliphatic heterocycles. The fourth-order valence-electron chi connectivity index (χ4n) is 1.93. The van der Waals surface area contributed by atoms with Gasteiger partial charge in [-0.1, -0.05) is 0 Å². The predicted octanol–water partition coefficient (Wildman–Crippen LogP) is 2.56. The van der Waals surface area contributed by atoms with Gasteiger partial charge < -0.3 is 9.08 Å².